The number of aryl methyl sites for hydroxylation is 1. The van der Waals surface area contributed by atoms with E-state index in [1.54, 1.807) is 13.0 Å². The maximum atomic E-state index is 10.8. The van der Waals surface area contributed by atoms with E-state index in [9.17, 15) is 9.59 Å². The molecule has 0 amide bonds. The Morgan fingerprint density at radius 3 is 2.67 bits per heavy atom. The van der Waals surface area contributed by atoms with Crippen molar-refractivity contribution in [2.75, 3.05) is 7.11 Å². The summed E-state index contributed by atoms with van der Waals surface area (Å²) >= 11 is 0. The quantitative estimate of drug-likeness (QED) is 0.760. The van der Waals surface area contributed by atoms with E-state index in [0.29, 0.717) is 23.2 Å². The molecule has 0 aliphatic rings. The van der Waals surface area contributed by atoms with Gasteiger partial charge >= 0.3 is 5.97 Å². The minimum absolute atomic E-state index is 0.149. The third-order valence-electron chi connectivity index (χ3n) is 2.17. The van der Waals surface area contributed by atoms with Gasteiger partial charge in [0.1, 0.15) is 12.0 Å². The van der Waals surface area contributed by atoms with Gasteiger partial charge in [-0.2, -0.15) is 0 Å². The Morgan fingerprint density at radius 2 is 2.20 bits per heavy atom. The molecule has 1 N–H and O–H groups in total. The SMILES string of the molecule is COc1cc(C)c(CC(=O)O)c(C=O)c1. The van der Waals surface area contributed by atoms with Crippen LogP contribution in [0.1, 0.15) is 21.5 Å². The zero-order valence-electron chi connectivity index (χ0n) is 8.61. The molecule has 1 rings (SSSR count). The molecular formula is C11H12O4. The van der Waals surface area contributed by atoms with Crippen LogP contribution in [0.3, 0.4) is 0 Å². The second-order valence-corrected chi connectivity index (χ2v) is 3.20. The predicted molar refractivity (Wildman–Crippen MR) is 54.5 cm³/mol. The number of carbonyl (C=O) groups is 2. The molecule has 0 radical (unpaired) electrons. The number of hydrogen-bond donors (Lipinski definition) is 1. The fourth-order valence-electron chi connectivity index (χ4n) is 1.43. The first kappa shape index (κ1) is 11.2. The molecule has 1 aromatic rings. The van der Waals surface area contributed by atoms with Crippen molar-refractivity contribution in [3.8, 4) is 5.75 Å². The fourth-order valence-corrected chi connectivity index (χ4v) is 1.43. The second-order valence-electron chi connectivity index (χ2n) is 3.20. The molecule has 0 saturated carbocycles. The summed E-state index contributed by atoms with van der Waals surface area (Å²) in [7, 11) is 1.50. The smallest absolute Gasteiger partial charge is 0.307 e. The lowest BCUT2D eigenvalue weighted by molar-refractivity contribution is -0.136. The number of benzene rings is 1. The highest BCUT2D eigenvalue weighted by Gasteiger charge is 2.11. The van der Waals surface area contributed by atoms with Crippen molar-refractivity contribution in [3.63, 3.8) is 0 Å². The van der Waals surface area contributed by atoms with Crippen LogP contribution in [-0.2, 0) is 11.2 Å². The zero-order valence-corrected chi connectivity index (χ0v) is 8.61. The van der Waals surface area contributed by atoms with Gasteiger partial charge in [-0.3, -0.25) is 9.59 Å². The molecular weight excluding hydrogens is 196 g/mol. The van der Waals surface area contributed by atoms with E-state index in [0.717, 1.165) is 5.56 Å². The highest BCUT2D eigenvalue weighted by molar-refractivity contribution is 5.82. The lowest BCUT2D eigenvalue weighted by atomic mass is 9.99. The minimum Gasteiger partial charge on any atom is -0.497 e. The van der Waals surface area contributed by atoms with E-state index in [2.05, 4.69) is 0 Å². The van der Waals surface area contributed by atoms with Gasteiger partial charge in [0, 0.05) is 5.56 Å². The van der Waals surface area contributed by atoms with Crippen LogP contribution in [0.25, 0.3) is 0 Å². The van der Waals surface area contributed by atoms with Gasteiger partial charge < -0.3 is 9.84 Å². The molecule has 0 aliphatic carbocycles. The van der Waals surface area contributed by atoms with Gasteiger partial charge in [0.2, 0.25) is 0 Å². The molecule has 4 heteroatoms. The Hall–Kier alpha value is -1.84. The summed E-state index contributed by atoms with van der Waals surface area (Å²) in [5.41, 5.74) is 1.66. The van der Waals surface area contributed by atoms with Crippen LogP contribution in [0.4, 0.5) is 0 Å². The molecule has 0 bridgehead atoms. The Balaban J connectivity index is 3.24. The number of aldehydes is 1. The molecule has 4 nitrogen and oxygen atoms in total. The second kappa shape index (κ2) is 4.59. The van der Waals surface area contributed by atoms with Crippen LogP contribution < -0.4 is 4.74 Å². The molecule has 0 spiro atoms. The van der Waals surface area contributed by atoms with Crippen LogP contribution >= 0.6 is 0 Å². The molecule has 0 heterocycles. The van der Waals surface area contributed by atoms with E-state index < -0.39 is 5.97 Å². The highest BCUT2D eigenvalue weighted by Crippen LogP contribution is 2.21. The van der Waals surface area contributed by atoms with Gasteiger partial charge in [0.25, 0.3) is 0 Å². The maximum Gasteiger partial charge on any atom is 0.307 e. The van der Waals surface area contributed by atoms with Crippen molar-refractivity contribution in [2.24, 2.45) is 0 Å². The highest BCUT2D eigenvalue weighted by atomic mass is 16.5. The van der Waals surface area contributed by atoms with Gasteiger partial charge in [-0.15, -0.1) is 0 Å². The maximum absolute atomic E-state index is 10.8. The summed E-state index contributed by atoms with van der Waals surface area (Å²) < 4.78 is 4.99. The number of carboxylic acids is 1. The monoisotopic (exact) mass is 208 g/mol. The number of ether oxygens (including phenoxy) is 1. The van der Waals surface area contributed by atoms with Crippen molar-refractivity contribution in [1.29, 1.82) is 0 Å². The average molecular weight is 208 g/mol. The van der Waals surface area contributed by atoms with Crippen molar-refractivity contribution in [2.45, 2.75) is 13.3 Å². The van der Waals surface area contributed by atoms with Crippen LogP contribution in [0.2, 0.25) is 0 Å². The molecule has 0 unspecified atom stereocenters. The Kier molecular flexibility index (Phi) is 3.44. The molecule has 80 valence electrons. The third kappa shape index (κ3) is 2.56. The van der Waals surface area contributed by atoms with E-state index >= 15 is 0 Å². The lowest BCUT2D eigenvalue weighted by Gasteiger charge is -2.09. The fraction of sp³-hybridized carbons (Fsp3) is 0.273. The van der Waals surface area contributed by atoms with Gasteiger partial charge in [-0.1, -0.05) is 0 Å². The molecule has 0 aliphatic heterocycles. The number of hydrogen-bond acceptors (Lipinski definition) is 3. The van der Waals surface area contributed by atoms with E-state index in [1.165, 1.54) is 13.2 Å². The summed E-state index contributed by atoms with van der Waals surface area (Å²) in [5.74, 6) is -0.393. The average Bonchev–Trinajstić information content (AvgIpc) is 2.20. The van der Waals surface area contributed by atoms with Gasteiger partial charge in [-0.25, -0.2) is 0 Å². The molecule has 0 atom stereocenters. The third-order valence-corrected chi connectivity index (χ3v) is 2.17. The normalized spacial score (nSPS) is 9.73. The van der Waals surface area contributed by atoms with E-state index in [-0.39, 0.29) is 6.42 Å². The largest absolute Gasteiger partial charge is 0.497 e. The molecule has 15 heavy (non-hydrogen) atoms. The zero-order chi connectivity index (χ0) is 11.4. The van der Waals surface area contributed by atoms with Crippen LogP contribution in [0, 0.1) is 6.92 Å². The Morgan fingerprint density at radius 1 is 1.53 bits per heavy atom. The number of aliphatic carboxylic acids is 1. The summed E-state index contributed by atoms with van der Waals surface area (Å²) in [6.07, 6.45) is 0.498. The van der Waals surface area contributed by atoms with Gasteiger partial charge in [0.05, 0.1) is 13.5 Å². The summed E-state index contributed by atoms with van der Waals surface area (Å²) in [5, 5.41) is 8.69. The topological polar surface area (TPSA) is 63.6 Å². The standard InChI is InChI=1S/C11H12O4/c1-7-3-9(15-2)4-8(6-12)10(7)5-11(13)14/h3-4,6H,5H2,1-2H3,(H,13,14). The number of methoxy groups -OCH3 is 1. The van der Waals surface area contributed by atoms with Crippen molar-refractivity contribution in [3.05, 3.63) is 28.8 Å². The van der Waals surface area contributed by atoms with Crippen LogP contribution in [0.15, 0.2) is 12.1 Å². The van der Waals surface area contributed by atoms with Crippen molar-refractivity contribution < 1.29 is 19.4 Å². The van der Waals surface area contributed by atoms with Crippen LogP contribution in [-0.4, -0.2) is 24.5 Å². The minimum atomic E-state index is -0.952. The van der Waals surface area contributed by atoms with Crippen molar-refractivity contribution >= 4 is 12.3 Å². The first-order valence-corrected chi connectivity index (χ1v) is 4.43. The molecule has 1 aromatic carbocycles. The van der Waals surface area contributed by atoms with Crippen LogP contribution in [0.5, 0.6) is 5.75 Å². The predicted octanol–water partition coefficient (Wildman–Crippen LogP) is 1.44. The summed E-state index contributed by atoms with van der Waals surface area (Å²) in [6, 6.07) is 3.25. The Labute approximate surface area is 87.5 Å². The number of rotatable bonds is 4. The van der Waals surface area contributed by atoms with Crippen molar-refractivity contribution in [1.82, 2.24) is 0 Å². The molecule has 0 fully saturated rings. The molecule has 0 aromatic heterocycles. The Bertz CT molecular complexity index is 396. The summed E-state index contributed by atoms with van der Waals surface area (Å²) in [6.45, 7) is 1.76. The van der Waals surface area contributed by atoms with Gasteiger partial charge in [-0.05, 0) is 30.2 Å². The van der Waals surface area contributed by atoms with E-state index in [4.69, 9.17) is 9.84 Å². The molecule has 0 saturated heterocycles. The first-order chi connectivity index (χ1) is 7.08. The first-order valence-electron chi connectivity index (χ1n) is 4.43. The number of carboxylic acid groups (broad SMARTS) is 1. The summed E-state index contributed by atoms with van der Waals surface area (Å²) in [4.78, 5) is 21.4. The lowest BCUT2D eigenvalue weighted by Crippen LogP contribution is -2.06. The number of carbonyl (C=O) groups excluding carboxylic acids is 1. The van der Waals surface area contributed by atoms with E-state index in [1.807, 2.05) is 0 Å². The van der Waals surface area contributed by atoms with Gasteiger partial charge in [0.15, 0.2) is 0 Å².